The van der Waals surface area contributed by atoms with Crippen LogP contribution in [-0.4, -0.2) is 19.8 Å². The van der Waals surface area contributed by atoms with Gasteiger partial charge in [-0.25, -0.2) is 8.42 Å². The molecule has 0 aromatic heterocycles. The number of benzene rings is 2. The molecule has 0 spiro atoms. The lowest BCUT2D eigenvalue weighted by Crippen LogP contribution is -2.48. The van der Waals surface area contributed by atoms with E-state index >= 15 is 0 Å². The summed E-state index contributed by atoms with van der Waals surface area (Å²) in [5.41, 5.74) is -1.11. The smallest absolute Gasteiger partial charge is 0.370 e. The maximum Gasteiger partial charge on any atom is 0.416 e. The second-order valence-electron chi connectivity index (χ2n) is 7.49. The van der Waals surface area contributed by atoms with Crippen LogP contribution in [0.1, 0.15) is 37.8 Å². The van der Waals surface area contributed by atoms with Crippen molar-refractivity contribution < 1.29 is 26.3 Å². The standard InChI is InChI=1S/C20H20ClF3O3S/c1-18(28(25,26)17-5-3-4-15(12-17)20(22,23)24)10-11-27-19(2,13-18)14-6-8-16(21)9-7-14/h3-9,12H,10-11,13H2,1-2H3/t18-,19+/m1/s1. The number of ether oxygens (including phenoxy) is 1. The second-order valence-corrected chi connectivity index (χ2v) is 10.4. The molecule has 3 rings (SSSR count). The Morgan fingerprint density at radius 1 is 1.07 bits per heavy atom. The van der Waals surface area contributed by atoms with E-state index in [1.807, 2.05) is 0 Å². The van der Waals surface area contributed by atoms with Crippen LogP contribution >= 0.6 is 11.6 Å². The van der Waals surface area contributed by atoms with Gasteiger partial charge in [-0.1, -0.05) is 29.8 Å². The molecule has 0 N–H and O–H groups in total. The van der Waals surface area contributed by atoms with Crippen molar-refractivity contribution in [1.82, 2.24) is 0 Å². The van der Waals surface area contributed by atoms with Gasteiger partial charge >= 0.3 is 6.18 Å². The van der Waals surface area contributed by atoms with E-state index in [0.29, 0.717) is 11.1 Å². The van der Waals surface area contributed by atoms with E-state index in [0.717, 1.165) is 17.7 Å². The first-order chi connectivity index (χ1) is 12.9. The normalized spacial score (nSPS) is 26.2. The fourth-order valence-electron chi connectivity index (χ4n) is 3.69. The zero-order chi connectivity index (χ0) is 20.8. The highest BCUT2D eigenvalue weighted by Gasteiger charge is 2.50. The molecule has 1 fully saturated rings. The van der Waals surface area contributed by atoms with Crippen LogP contribution in [0.25, 0.3) is 0 Å². The molecule has 8 heteroatoms. The molecular formula is C20H20ClF3O3S. The van der Waals surface area contributed by atoms with Gasteiger partial charge in [-0.3, -0.25) is 0 Å². The first-order valence-electron chi connectivity index (χ1n) is 8.69. The highest BCUT2D eigenvalue weighted by molar-refractivity contribution is 7.92. The highest BCUT2D eigenvalue weighted by atomic mass is 35.5. The van der Waals surface area contributed by atoms with E-state index in [-0.39, 0.29) is 24.3 Å². The molecule has 1 aliphatic rings. The van der Waals surface area contributed by atoms with Gasteiger partial charge in [-0.15, -0.1) is 0 Å². The summed E-state index contributed by atoms with van der Waals surface area (Å²) in [6.45, 7) is 3.53. The summed E-state index contributed by atoms with van der Waals surface area (Å²) in [6, 6.07) is 10.8. The maximum absolute atomic E-state index is 13.3. The summed E-state index contributed by atoms with van der Waals surface area (Å²) in [6.07, 6.45) is -4.31. The fraction of sp³-hybridized carbons (Fsp3) is 0.400. The van der Waals surface area contributed by atoms with Crippen molar-refractivity contribution in [3.63, 3.8) is 0 Å². The van der Waals surface area contributed by atoms with Crippen molar-refractivity contribution in [1.29, 1.82) is 0 Å². The molecule has 0 unspecified atom stereocenters. The minimum atomic E-state index is -4.61. The summed E-state index contributed by atoms with van der Waals surface area (Å²) in [7, 11) is -4.04. The van der Waals surface area contributed by atoms with Gasteiger partial charge in [-0.05, 0) is 56.2 Å². The third-order valence-corrected chi connectivity index (χ3v) is 8.11. The van der Waals surface area contributed by atoms with Gasteiger partial charge in [0, 0.05) is 18.1 Å². The zero-order valence-electron chi connectivity index (χ0n) is 15.4. The van der Waals surface area contributed by atoms with Crippen LogP contribution in [0.2, 0.25) is 5.02 Å². The molecule has 0 saturated carbocycles. The molecule has 3 nitrogen and oxygen atoms in total. The Kier molecular flexibility index (Phi) is 5.32. The summed E-state index contributed by atoms with van der Waals surface area (Å²) < 4.78 is 70.4. The van der Waals surface area contributed by atoms with Crippen molar-refractivity contribution in [2.45, 2.75) is 48.1 Å². The van der Waals surface area contributed by atoms with Gasteiger partial charge < -0.3 is 4.74 Å². The molecule has 0 aliphatic carbocycles. The molecule has 1 heterocycles. The molecule has 1 saturated heterocycles. The first kappa shape index (κ1) is 21.1. The predicted octanol–water partition coefficient (Wildman–Crippen LogP) is 5.62. The van der Waals surface area contributed by atoms with Gasteiger partial charge in [0.25, 0.3) is 0 Å². The van der Waals surface area contributed by atoms with Gasteiger partial charge in [-0.2, -0.15) is 13.2 Å². The Balaban J connectivity index is 2.00. The molecule has 1 aliphatic heterocycles. The van der Waals surface area contributed by atoms with E-state index < -0.39 is 31.9 Å². The van der Waals surface area contributed by atoms with Crippen LogP contribution in [-0.2, 0) is 26.4 Å². The van der Waals surface area contributed by atoms with Crippen LogP contribution < -0.4 is 0 Å². The Morgan fingerprint density at radius 2 is 1.71 bits per heavy atom. The van der Waals surface area contributed by atoms with E-state index in [1.165, 1.54) is 6.07 Å². The average molecular weight is 433 g/mol. The Morgan fingerprint density at radius 3 is 2.32 bits per heavy atom. The largest absolute Gasteiger partial charge is 0.416 e. The van der Waals surface area contributed by atoms with E-state index in [9.17, 15) is 21.6 Å². The third-order valence-electron chi connectivity index (χ3n) is 5.34. The molecule has 2 aromatic carbocycles. The molecule has 0 bridgehead atoms. The van der Waals surface area contributed by atoms with Crippen LogP contribution in [0.4, 0.5) is 13.2 Å². The summed E-state index contributed by atoms with van der Waals surface area (Å²) >= 11 is 5.93. The van der Waals surface area contributed by atoms with Gasteiger partial charge in [0.1, 0.15) is 0 Å². The number of halogens is 4. The lowest BCUT2D eigenvalue weighted by molar-refractivity contribution is -0.137. The Bertz CT molecular complexity index is 973. The minimum absolute atomic E-state index is 0.111. The topological polar surface area (TPSA) is 43.4 Å². The van der Waals surface area contributed by atoms with Crippen LogP contribution in [0.15, 0.2) is 53.4 Å². The number of sulfone groups is 1. The molecule has 0 amide bonds. The van der Waals surface area contributed by atoms with Crippen molar-refractivity contribution in [2.75, 3.05) is 6.61 Å². The van der Waals surface area contributed by atoms with Gasteiger partial charge in [0.15, 0.2) is 9.84 Å². The Labute approximate surface area is 167 Å². The molecule has 0 radical (unpaired) electrons. The Hall–Kier alpha value is -1.57. The van der Waals surface area contributed by atoms with Crippen molar-refractivity contribution in [3.05, 3.63) is 64.7 Å². The fourth-order valence-corrected chi connectivity index (χ4v) is 5.74. The van der Waals surface area contributed by atoms with E-state index in [1.54, 1.807) is 38.1 Å². The summed E-state index contributed by atoms with van der Waals surface area (Å²) in [5, 5.41) is 0.544. The SMILES string of the molecule is C[C@@]1(S(=O)(=O)c2cccc(C(F)(F)F)c2)CCO[C@](C)(c2ccc(Cl)cc2)C1. The zero-order valence-corrected chi connectivity index (χ0v) is 17.0. The maximum atomic E-state index is 13.3. The van der Waals surface area contributed by atoms with Crippen LogP contribution in [0.5, 0.6) is 0 Å². The number of hydrogen-bond donors (Lipinski definition) is 0. The van der Waals surface area contributed by atoms with Crippen molar-refractivity contribution in [3.8, 4) is 0 Å². The summed E-state index contributed by atoms with van der Waals surface area (Å²) in [4.78, 5) is -0.329. The lowest BCUT2D eigenvalue weighted by Gasteiger charge is -2.44. The van der Waals surface area contributed by atoms with Crippen molar-refractivity contribution in [2.24, 2.45) is 0 Å². The summed E-state index contributed by atoms with van der Waals surface area (Å²) in [5.74, 6) is 0. The van der Waals surface area contributed by atoms with Gasteiger partial charge in [0.2, 0.25) is 0 Å². The van der Waals surface area contributed by atoms with Crippen LogP contribution in [0.3, 0.4) is 0 Å². The monoisotopic (exact) mass is 432 g/mol. The minimum Gasteiger partial charge on any atom is -0.370 e. The first-order valence-corrected chi connectivity index (χ1v) is 10.6. The van der Waals surface area contributed by atoms with Crippen molar-refractivity contribution >= 4 is 21.4 Å². The molecule has 2 atom stereocenters. The molecule has 2 aromatic rings. The third kappa shape index (κ3) is 3.80. The second kappa shape index (κ2) is 7.04. The number of rotatable bonds is 3. The molecule has 152 valence electrons. The van der Waals surface area contributed by atoms with Crippen LogP contribution in [0, 0.1) is 0 Å². The predicted molar refractivity (Wildman–Crippen MR) is 101 cm³/mol. The van der Waals surface area contributed by atoms with E-state index in [4.69, 9.17) is 16.3 Å². The quantitative estimate of drug-likeness (QED) is 0.632. The van der Waals surface area contributed by atoms with Gasteiger partial charge in [0.05, 0.1) is 20.8 Å². The average Bonchev–Trinajstić information content (AvgIpc) is 2.61. The molecular weight excluding hydrogens is 413 g/mol. The number of hydrogen-bond acceptors (Lipinski definition) is 3. The lowest BCUT2D eigenvalue weighted by atomic mass is 9.82. The van der Waals surface area contributed by atoms with E-state index in [2.05, 4.69) is 0 Å². The highest BCUT2D eigenvalue weighted by Crippen LogP contribution is 2.46. The molecule has 28 heavy (non-hydrogen) atoms. The number of alkyl halides is 3.